The minimum absolute atomic E-state index is 0.688. The summed E-state index contributed by atoms with van der Waals surface area (Å²) in [5.41, 5.74) is 2.44. The summed E-state index contributed by atoms with van der Waals surface area (Å²) in [5, 5.41) is 3.50. The van der Waals surface area contributed by atoms with E-state index in [1.807, 2.05) is 37.4 Å². The van der Waals surface area contributed by atoms with Gasteiger partial charge in [0.25, 0.3) is 0 Å². The molecular weight excluding hydrogens is 376 g/mol. The molecule has 2 aromatic carbocycles. The Kier molecular flexibility index (Phi) is 8.84. The zero-order valence-electron chi connectivity index (χ0n) is 18.2. The molecule has 1 saturated heterocycles. The molecule has 0 radical (unpaired) electrons. The van der Waals surface area contributed by atoms with Gasteiger partial charge in [0.1, 0.15) is 5.75 Å². The normalized spacial score (nSPS) is 14.7. The minimum atomic E-state index is 0.688. The van der Waals surface area contributed by atoms with Crippen molar-refractivity contribution in [1.82, 2.24) is 10.2 Å². The molecule has 3 rings (SSSR count). The van der Waals surface area contributed by atoms with Crippen LogP contribution in [0.5, 0.6) is 5.75 Å². The van der Waals surface area contributed by atoms with E-state index in [0.717, 1.165) is 63.9 Å². The van der Waals surface area contributed by atoms with Crippen LogP contribution in [0.3, 0.4) is 0 Å². The number of aliphatic imine (C=N–C) groups is 1. The van der Waals surface area contributed by atoms with Crippen LogP contribution in [-0.2, 0) is 11.3 Å². The highest BCUT2D eigenvalue weighted by molar-refractivity contribution is 5.80. The first-order valence-electron chi connectivity index (χ1n) is 10.8. The van der Waals surface area contributed by atoms with Crippen LogP contribution in [0.2, 0.25) is 0 Å². The highest BCUT2D eigenvalue weighted by Gasteiger charge is 2.19. The molecule has 1 fully saturated rings. The largest absolute Gasteiger partial charge is 0.497 e. The van der Waals surface area contributed by atoms with E-state index in [9.17, 15) is 0 Å². The van der Waals surface area contributed by atoms with Gasteiger partial charge < -0.3 is 24.6 Å². The second-order valence-corrected chi connectivity index (χ2v) is 7.39. The molecule has 6 heteroatoms. The van der Waals surface area contributed by atoms with Crippen molar-refractivity contribution in [2.45, 2.75) is 19.4 Å². The smallest absolute Gasteiger partial charge is 0.193 e. The van der Waals surface area contributed by atoms with Crippen LogP contribution in [0.1, 0.15) is 18.4 Å². The van der Waals surface area contributed by atoms with Gasteiger partial charge in [-0.15, -0.1) is 0 Å². The van der Waals surface area contributed by atoms with Crippen LogP contribution >= 0.6 is 0 Å². The van der Waals surface area contributed by atoms with Crippen molar-refractivity contribution in [3.05, 3.63) is 60.2 Å². The Balaban J connectivity index is 1.32. The molecule has 6 nitrogen and oxygen atoms in total. The van der Waals surface area contributed by atoms with Gasteiger partial charge in [0.2, 0.25) is 0 Å². The Bertz CT molecular complexity index is 774. The average molecular weight is 411 g/mol. The number of anilines is 1. The quantitative estimate of drug-likeness (QED) is 0.390. The van der Waals surface area contributed by atoms with E-state index in [1.165, 1.54) is 11.3 Å². The van der Waals surface area contributed by atoms with Crippen LogP contribution < -0.4 is 15.0 Å². The van der Waals surface area contributed by atoms with Gasteiger partial charge in [0.15, 0.2) is 5.96 Å². The summed E-state index contributed by atoms with van der Waals surface area (Å²) in [7, 11) is 3.57. The summed E-state index contributed by atoms with van der Waals surface area (Å²) < 4.78 is 11.1. The van der Waals surface area contributed by atoms with Gasteiger partial charge in [-0.1, -0.05) is 36.4 Å². The summed E-state index contributed by atoms with van der Waals surface area (Å²) in [6.07, 6.45) is 2.11. The second kappa shape index (κ2) is 12.1. The Labute approximate surface area is 180 Å². The molecule has 0 saturated carbocycles. The molecule has 0 unspecified atom stereocenters. The maximum atomic E-state index is 5.76. The van der Waals surface area contributed by atoms with Gasteiger partial charge in [-0.25, -0.2) is 0 Å². The SMILES string of the molecule is CN=C(NCCCCOCc1ccccc1)N1CCN(c2cccc(OC)c2)CC1. The summed E-state index contributed by atoms with van der Waals surface area (Å²) in [6.45, 7) is 6.25. The Hall–Kier alpha value is -2.73. The molecule has 1 heterocycles. The average Bonchev–Trinajstić information content (AvgIpc) is 2.82. The lowest BCUT2D eigenvalue weighted by molar-refractivity contribution is 0.117. The Morgan fingerprint density at radius 3 is 2.53 bits per heavy atom. The van der Waals surface area contributed by atoms with Crippen molar-refractivity contribution in [2.75, 3.05) is 58.4 Å². The van der Waals surface area contributed by atoms with Gasteiger partial charge in [0.05, 0.1) is 13.7 Å². The topological polar surface area (TPSA) is 49.3 Å². The van der Waals surface area contributed by atoms with Crippen molar-refractivity contribution in [3.63, 3.8) is 0 Å². The summed E-state index contributed by atoms with van der Waals surface area (Å²) in [6, 6.07) is 18.6. The summed E-state index contributed by atoms with van der Waals surface area (Å²) >= 11 is 0. The monoisotopic (exact) mass is 410 g/mol. The van der Waals surface area contributed by atoms with Crippen LogP contribution in [0.15, 0.2) is 59.6 Å². The molecule has 1 N–H and O–H groups in total. The lowest BCUT2D eigenvalue weighted by Crippen LogP contribution is -2.52. The van der Waals surface area contributed by atoms with E-state index < -0.39 is 0 Å². The molecule has 0 aliphatic carbocycles. The van der Waals surface area contributed by atoms with E-state index in [2.05, 4.69) is 44.4 Å². The zero-order valence-corrected chi connectivity index (χ0v) is 18.2. The lowest BCUT2D eigenvalue weighted by Gasteiger charge is -2.37. The zero-order chi connectivity index (χ0) is 21.0. The van der Waals surface area contributed by atoms with Gasteiger partial charge in [0, 0.05) is 58.1 Å². The number of rotatable bonds is 9. The third-order valence-electron chi connectivity index (χ3n) is 5.32. The Morgan fingerprint density at radius 1 is 1.00 bits per heavy atom. The molecule has 2 aromatic rings. The van der Waals surface area contributed by atoms with Crippen LogP contribution in [0.25, 0.3) is 0 Å². The molecule has 0 amide bonds. The number of hydrogen-bond acceptors (Lipinski definition) is 4. The summed E-state index contributed by atoms with van der Waals surface area (Å²) in [4.78, 5) is 9.21. The van der Waals surface area contributed by atoms with Crippen molar-refractivity contribution in [2.24, 2.45) is 4.99 Å². The van der Waals surface area contributed by atoms with E-state index in [-0.39, 0.29) is 0 Å². The fourth-order valence-corrected chi connectivity index (χ4v) is 3.61. The van der Waals surface area contributed by atoms with E-state index >= 15 is 0 Å². The number of hydrogen-bond donors (Lipinski definition) is 1. The molecule has 0 atom stereocenters. The van der Waals surface area contributed by atoms with Crippen LogP contribution in [0.4, 0.5) is 5.69 Å². The Morgan fingerprint density at radius 2 is 1.80 bits per heavy atom. The highest BCUT2D eigenvalue weighted by Crippen LogP contribution is 2.22. The highest BCUT2D eigenvalue weighted by atomic mass is 16.5. The number of nitrogens with one attached hydrogen (secondary N) is 1. The predicted octanol–water partition coefficient (Wildman–Crippen LogP) is 3.39. The van der Waals surface area contributed by atoms with Crippen molar-refractivity contribution in [1.29, 1.82) is 0 Å². The molecule has 0 spiro atoms. The van der Waals surface area contributed by atoms with Gasteiger partial charge in [-0.2, -0.15) is 0 Å². The first-order chi connectivity index (χ1) is 14.8. The number of nitrogens with zero attached hydrogens (tertiary/aromatic N) is 3. The van der Waals surface area contributed by atoms with Crippen LogP contribution in [0, 0.1) is 0 Å². The van der Waals surface area contributed by atoms with Gasteiger partial charge >= 0.3 is 0 Å². The maximum Gasteiger partial charge on any atom is 0.193 e. The number of benzene rings is 2. The first-order valence-corrected chi connectivity index (χ1v) is 10.8. The first kappa shape index (κ1) is 22.0. The molecule has 0 aromatic heterocycles. The summed E-state index contributed by atoms with van der Waals surface area (Å²) in [5.74, 6) is 1.89. The standard InChI is InChI=1S/C24H34N4O2/c1-25-24(26-13-6-7-18-30-20-21-9-4-3-5-10-21)28-16-14-27(15-17-28)22-11-8-12-23(19-22)29-2/h3-5,8-12,19H,6-7,13-18,20H2,1-2H3,(H,25,26). The van der Waals surface area contributed by atoms with Crippen LogP contribution in [-0.4, -0.2) is 64.3 Å². The third-order valence-corrected chi connectivity index (χ3v) is 5.32. The fraction of sp³-hybridized carbons (Fsp3) is 0.458. The fourth-order valence-electron chi connectivity index (χ4n) is 3.61. The van der Waals surface area contributed by atoms with Crippen molar-refractivity contribution in [3.8, 4) is 5.75 Å². The number of piperazine rings is 1. The van der Waals surface area contributed by atoms with E-state index in [0.29, 0.717) is 6.61 Å². The number of guanidine groups is 1. The molecular formula is C24H34N4O2. The maximum absolute atomic E-state index is 5.76. The van der Waals surface area contributed by atoms with Crippen molar-refractivity contribution >= 4 is 11.6 Å². The van der Waals surface area contributed by atoms with E-state index in [1.54, 1.807) is 7.11 Å². The molecule has 1 aliphatic heterocycles. The van der Waals surface area contributed by atoms with E-state index in [4.69, 9.17) is 9.47 Å². The van der Waals surface area contributed by atoms with Gasteiger partial charge in [-0.3, -0.25) is 4.99 Å². The lowest BCUT2D eigenvalue weighted by atomic mass is 10.2. The molecule has 1 aliphatic rings. The second-order valence-electron chi connectivity index (χ2n) is 7.39. The molecule has 0 bridgehead atoms. The molecule has 162 valence electrons. The molecule has 30 heavy (non-hydrogen) atoms. The third kappa shape index (κ3) is 6.66. The number of unbranched alkanes of at least 4 members (excludes halogenated alkanes) is 1. The van der Waals surface area contributed by atoms with Gasteiger partial charge in [-0.05, 0) is 30.5 Å². The number of ether oxygens (including phenoxy) is 2. The minimum Gasteiger partial charge on any atom is -0.497 e. The predicted molar refractivity (Wildman–Crippen MR) is 123 cm³/mol. The number of methoxy groups -OCH3 is 1. The van der Waals surface area contributed by atoms with Crippen molar-refractivity contribution < 1.29 is 9.47 Å².